The van der Waals surface area contributed by atoms with Crippen molar-refractivity contribution in [2.24, 2.45) is 0 Å². The van der Waals surface area contributed by atoms with Crippen LogP contribution in [-0.2, 0) is 16.1 Å². The van der Waals surface area contributed by atoms with Gasteiger partial charge in [0, 0.05) is 11.8 Å². The summed E-state index contributed by atoms with van der Waals surface area (Å²) in [6.07, 6.45) is 2.37. The maximum atomic E-state index is 12.1. The van der Waals surface area contributed by atoms with Crippen molar-refractivity contribution in [1.29, 1.82) is 0 Å². The molecule has 1 aromatic carbocycles. The minimum absolute atomic E-state index is 0.112. The number of carbonyl (C=O) groups is 2. The number of fused-ring (bicyclic) bond motifs is 1. The van der Waals surface area contributed by atoms with E-state index >= 15 is 0 Å². The zero-order valence-electron chi connectivity index (χ0n) is 13.3. The lowest BCUT2D eigenvalue weighted by Crippen LogP contribution is -2.30. The van der Waals surface area contributed by atoms with Gasteiger partial charge in [0.2, 0.25) is 0 Å². The third-order valence-electron chi connectivity index (χ3n) is 3.72. The van der Waals surface area contributed by atoms with Gasteiger partial charge < -0.3 is 15.2 Å². The monoisotopic (exact) mass is 339 g/mol. The molecular weight excluding hydrogens is 322 g/mol. The highest BCUT2D eigenvalue weighted by molar-refractivity contribution is 5.73. The van der Waals surface area contributed by atoms with Crippen LogP contribution in [0.5, 0.6) is 0 Å². The van der Waals surface area contributed by atoms with Gasteiger partial charge in [-0.15, -0.1) is 0 Å². The number of benzene rings is 1. The van der Waals surface area contributed by atoms with Crippen LogP contribution in [0, 0.1) is 0 Å². The highest BCUT2D eigenvalue weighted by Crippen LogP contribution is 2.22. The number of pyridine rings is 1. The Bertz CT molecular complexity index is 876. The molecule has 2 aromatic heterocycles. The number of amides is 1. The van der Waals surface area contributed by atoms with Crippen LogP contribution in [0.2, 0.25) is 0 Å². The first kappa shape index (κ1) is 16.5. The smallest absolute Gasteiger partial charge is 0.407 e. The normalized spacial score (nSPS) is 11.8. The standard InChI is InChI=1S/C18H17N3O4/c22-17(23)10-15(14-11-19-21-9-5-4-8-16(14)21)20-18(24)25-12-13-6-2-1-3-7-13/h1-9,11,15H,10,12H2,(H,20,24)(H,22,23)/t15-/m0/s1. The van der Waals surface area contributed by atoms with E-state index in [-0.39, 0.29) is 13.0 Å². The number of carboxylic acids is 1. The second-order valence-electron chi connectivity index (χ2n) is 5.49. The first-order chi connectivity index (χ1) is 12.1. The van der Waals surface area contributed by atoms with Crippen molar-refractivity contribution in [3.05, 3.63) is 72.1 Å². The number of rotatable bonds is 6. The summed E-state index contributed by atoms with van der Waals surface area (Å²) in [5, 5.41) is 16.0. The lowest BCUT2D eigenvalue weighted by Gasteiger charge is -2.16. The molecule has 7 nitrogen and oxygen atoms in total. The first-order valence-electron chi connectivity index (χ1n) is 7.75. The second-order valence-corrected chi connectivity index (χ2v) is 5.49. The van der Waals surface area contributed by atoms with Crippen molar-refractivity contribution in [2.75, 3.05) is 0 Å². The summed E-state index contributed by atoms with van der Waals surface area (Å²) >= 11 is 0. The number of nitrogens with zero attached hydrogens (tertiary/aromatic N) is 2. The molecule has 0 aliphatic rings. The molecule has 0 bridgehead atoms. The number of hydrogen-bond donors (Lipinski definition) is 2. The topological polar surface area (TPSA) is 92.9 Å². The van der Waals surface area contributed by atoms with Crippen LogP contribution in [0.15, 0.2) is 60.9 Å². The summed E-state index contributed by atoms with van der Waals surface area (Å²) in [6, 6.07) is 14.0. The van der Waals surface area contributed by atoms with E-state index in [4.69, 9.17) is 9.84 Å². The summed E-state index contributed by atoms with van der Waals surface area (Å²) in [5.74, 6) is -1.02. The fraction of sp³-hybridized carbons (Fsp3) is 0.167. The van der Waals surface area contributed by atoms with Gasteiger partial charge in [0.05, 0.1) is 24.2 Å². The van der Waals surface area contributed by atoms with Crippen molar-refractivity contribution in [2.45, 2.75) is 19.1 Å². The van der Waals surface area contributed by atoms with E-state index in [2.05, 4.69) is 10.4 Å². The van der Waals surface area contributed by atoms with Crippen LogP contribution in [0.1, 0.15) is 23.6 Å². The summed E-state index contributed by atoms with van der Waals surface area (Å²) in [6.45, 7) is 0.112. The Kier molecular flexibility index (Phi) is 4.94. The molecule has 7 heteroatoms. The van der Waals surface area contributed by atoms with Gasteiger partial charge in [0.15, 0.2) is 0 Å². The molecule has 0 aliphatic carbocycles. The number of hydrogen-bond acceptors (Lipinski definition) is 4. The van der Waals surface area contributed by atoms with Gasteiger partial charge in [-0.1, -0.05) is 36.4 Å². The second kappa shape index (κ2) is 7.48. The molecule has 0 fully saturated rings. The molecule has 128 valence electrons. The highest BCUT2D eigenvalue weighted by atomic mass is 16.5. The lowest BCUT2D eigenvalue weighted by atomic mass is 10.1. The zero-order chi connectivity index (χ0) is 17.6. The number of alkyl carbamates (subject to hydrolysis) is 1. The number of aromatic nitrogens is 2. The minimum Gasteiger partial charge on any atom is -0.481 e. The maximum Gasteiger partial charge on any atom is 0.407 e. The Hall–Kier alpha value is -3.35. The molecule has 2 N–H and O–H groups in total. The first-order valence-corrected chi connectivity index (χ1v) is 7.75. The molecule has 2 heterocycles. The Morgan fingerprint density at radius 1 is 1.16 bits per heavy atom. The van der Waals surface area contributed by atoms with Crippen LogP contribution >= 0.6 is 0 Å². The molecule has 1 atom stereocenters. The Morgan fingerprint density at radius 2 is 1.92 bits per heavy atom. The predicted octanol–water partition coefficient (Wildman–Crippen LogP) is 2.78. The highest BCUT2D eigenvalue weighted by Gasteiger charge is 2.22. The summed E-state index contributed by atoms with van der Waals surface area (Å²) in [7, 11) is 0. The number of nitrogens with one attached hydrogen (secondary N) is 1. The largest absolute Gasteiger partial charge is 0.481 e. The van der Waals surface area contributed by atoms with E-state index in [0.717, 1.165) is 11.1 Å². The van der Waals surface area contributed by atoms with Gasteiger partial charge in [-0.05, 0) is 17.7 Å². The minimum atomic E-state index is -1.02. The molecule has 3 rings (SSSR count). The van der Waals surface area contributed by atoms with E-state index in [1.54, 1.807) is 16.9 Å². The van der Waals surface area contributed by atoms with Crippen molar-refractivity contribution in [1.82, 2.24) is 14.9 Å². The number of carbonyl (C=O) groups excluding carboxylic acids is 1. The third kappa shape index (κ3) is 4.14. The van der Waals surface area contributed by atoms with E-state index in [9.17, 15) is 9.59 Å². The fourth-order valence-electron chi connectivity index (χ4n) is 2.54. The van der Waals surface area contributed by atoms with Gasteiger partial charge >= 0.3 is 12.1 Å². The zero-order valence-corrected chi connectivity index (χ0v) is 13.3. The Morgan fingerprint density at radius 3 is 2.68 bits per heavy atom. The molecule has 0 aliphatic heterocycles. The van der Waals surface area contributed by atoms with Gasteiger partial charge in [0.1, 0.15) is 6.61 Å². The predicted molar refractivity (Wildman–Crippen MR) is 89.9 cm³/mol. The maximum absolute atomic E-state index is 12.1. The number of aliphatic carboxylic acids is 1. The van der Waals surface area contributed by atoms with Crippen LogP contribution in [0.3, 0.4) is 0 Å². The van der Waals surface area contributed by atoms with Gasteiger partial charge in [-0.3, -0.25) is 4.79 Å². The van der Waals surface area contributed by atoms with Crippen molar-refractivity contribution in [3.8, 4) is 0 Å². The summed E-state index contributed by atoms with van der Waals surface area (Å²) in [4.78, 5) is 23.3. The molecule has 0 spiro atoms. The molecule has 3 aromatic rings. The van der Waals surface area contributed by atoms with Crippen LogP contribution in [0.25, 0.3) is 5.52 Å². The van der Waals surface area contributed by atoms with Crippen molar-refractivity contribution in [3.63, 3.8) is 0 Å². The van der Waals surface area contributed by atoms with Crippen LogP contribution in [-0.4, -0.2) is 26.8 Å². The van der Waals surface area contributed by atoms with E-state index in [1.165, 1.54) is 0 Å². The van der Waals surface area contributed by atoms with Crippen LogP contribution < -0.4 is 5.32 Å². The Balaban J connectivity index is 1.72. The molecule has 0 radical (unpaired) electrons. The summed E-state index contributed by atoms with van der Waals surface area (Å²) in [5.41, 5.74) is 2.21. The van der Waals surface area contributed by atoms with Crippen molar-refractivity contribution < 1.29 is 19.4 Å². The average molecular weight is 339 g/mol. The van der Waals surface area contributed by atoms with E-state index < -0.39 is 18.1 Å². The molecule has 0 saturated carbocycles. The SMILES string of the molecule is O=C(O)C[C@H](NC(=O)OCc1ccccc1)c1cnn2ccccc12. The fourth-order valence-corrected chi connectivity index (χ4v) is 2.54. The number of carboxylic acid groups (broad SMARTS) is 1. The van der Waals surface area contributed by atoms with E-state index in [1.807, 2.05) is 48.5 Å². The molecule has 25 heavy (non-hydrogen) atoms. The van der Waals surface area contributed by atoms with Gasteiger partial charge in [0.25, 0.3) is 0 Å². The lowest BCUT2D eigenvalue weighted by molar-refractivity contribution is -0.137. The number of ether oxygens (including phenoxy) is 1. The third-order valence-corrected chi connectivity index (χ3v) is 3.72. The molecular formula is C18H17N3O4. The quantitative estimate of drug-likeness (QED) is 0.720. The van der Waals surface area contributed by atoms with Crippen LogP contribution in [0.4, 0.5) is 4.79 Å². The van der Waals surface area contributed by atoms with Gasteiger partial charge in [-0.2, -0.15) is 5.10 Å². The van der Waals surface area contributed by atoms with E-state index in [0.29, 0.717) is 5.56 Å². The Labute approximate surface area is 143 Å². The van der Waals surface area contributed by atoms with Gasteiger partial charge in [-0.25, -0.2) is 9.31 Å². The molecule has 0 saturated heterocycles. The molecule has 1 amide bonds. The summed E-state index contributed by atoms with van der Waals surface area (Å²) < 4.78 is 6.81. The van der Waals surface area contributed by atoms with Crippen molar-refractivity contribution >= 4 is 17.6 Å². The average Bonchev–Trinajstić information content (AvgIpc) is 3.04. The molecule has 0 unspecified atom stereocenters.